The molecule has 3 aromatic rings. The first-order valence-corrected chi connectivity index (χ1v) is 7.99. The number of cyclic esters (lactones) is 1. The van der Waals surface area contributed by atoms with Crippen LogP contribution in [0.25, 0.3) is 5.69 Å². The molecule has 0 fully saturated rings. The van der Waals surface area contributed by atoms with Gasteiger partial charge in [-0.05, 0) is 30.3 Å². The molecule has 4 rings (SSSR count). The highest BCUT2D eigenvalue weighted by Crippen LogP contribution is 2.37. The Morgan fingerprint density at radius 3 is 2.46 bits per heavy atom. The molecule has 7 nitrogen and oxygen atoms in total. The van der Waals surface area contributed by atoms with Crippen molar-refractivity contribution in [2.24, 2.45) is 0 Å². The molecule has 0 radical (unpaired) electrons. The number of ether oxygens (including phenoxy) is 1. The fourth-order valence-electron chi connectivity index (χ4n) is 2.96. The molecular formula is C18H11ClN2O5. The van der Waals surface area contributed by atoms with E-state index in [1.54, 1.807) is 36.4 Å². The molecule has 2 aromatic carbocycles. The van der Waals surface area contributed by atoms with Crippen LogP contribution in [0.3, 0.4) is 0 Å². The van der Waals surface area contributed by atoms with Gasteiger partial charge in [0.15, 0.2) is 6.10 Å². The fourth-order valence-corrected chi connectivity index (χ4v) is 3.09. The van der Waals surface area contributed by atoms with Gasteiger partial charge in [-0.1, -0.05) is 29.8 Å². The van der Waals surface area contributed by atoms with E-state index in [0.717, 1.165) is 4.57 Å². The number of aromatic nitrogens is 2. The second-order valence-electron chi connectivity index (χ2n) is 5.68. The van der Waals surface area contributed by atoms with E-state index in [2.05, 4.69) is 4.98 Å². The number of rotatable bonds is 2. The van der Waals surface area contributed by atoms with Crippen LogP contribution in [0, 0.1) is 0 Å². The van der Waals surface area contributed by atoms with Crippen LogP contribution in [-0.4, -0.2) is 20.6 Å². The predicted molar refractivity (Wildman–Crippen MR) is 93.0 cm³/mol. The molecule has 26 heavy (non-hydrogen) atoms. The minimum Gasteiger partial charge on any atom is -0.494 e. The van der Waals surface area contributed by atoms with E-state index < -0.39 is 29.2 Å². The normalized spacial score (nSPS) is 15.6. The van der Waals surface area contributed by atoms with Gasteiger partial charge in [0.1, 0.15) is 5.56 Å². The molecule has 1 aliphatic rings. The fraction of sp³-hybridized carbons (Fsp3) is 0.0556. The highest BCUT2D eigenvalue weighted by molar-refractivity contribution is 6.30. The summed E-state index contributed by atoms with van der Waals surface area (Å²) in [5.41, 5.74) is -0.826. The summed E-state index contributed by atoms with van der Waals surface area (Å²) in [5, 5.41) is 11.1. The molecule has 130 valence electrons. The van der Waals surface area contributed by atoms with Gasteiger partial charge in [0.25, 0.3) is 5.56 Å². The average Bonchev–Trinajstić information content (AvgIpc) is 2.93. The largest absolute Gasteiger partial charge is 0.494 e. The van der Waals surface area contributed by atoms with Gasteiger partial charge in [-0.25, -0.2) is 14.2 Å². The van der Waals surface area contributed by atoms with Crippen molar-refractivity contribution < 1.29 is 14.6 Å². The number of halogens is 1. The number of aromatic hydroxyl groups is 1. The zero-order valence-electron chi connectivity index (χ0n) is 13.1. The van der Waals surface area contributed by atoms with Crippen molar-refractivity contribution in [2.75, 3.05) is 0 Å². The molecule has 1 aromatic heterocycles. The van der Waals surface area contributed by atoms with E-state index in [1.165, 1.54) is 12.1 Å². The van der Waals surface area contributed by atoms with Gasteiger partial charge >= 0.3 is 11.7 Å². The van der Waals surface area contributed by atoms with E-state index in [1.807, 2.05) is 0 Å². The number of benzene rings is 2. The number of fused-ring (bicyclic) bond motifs is 1. The Morgan fingerprint density at radius 1 is 1.04 bits per heavy atom. The lowest BCUT2D eigenvalue weighted by Gasteiger charge is -2.15. The topological polar surface area (TPSA) is 101 Å². The SMILES string of the molecule is O=C1O[C@H](c2c(O)n(-c3ccc(Cl)cc3)c(=O)[nH]c2=O)c2ccccc21. The summed E-state index contributed by atoms with van der Waals surface area (Å²) in [4.78, 5) is 38.8. The van der Waals surface area contributed by atoms with E-state index in [4.69, 9.17) is 16.3 Å². The number of nitrogens with zero attached hydrogens (tertiary/aromatic N) is 1. The van der Waals surface area contributed by atoms with Crippen molar-refractivity contribution in [3.8, 4) is 11.6 Å². The van der Waals surface area contributed by atoms with Crippen molar-refractivity contribution in [2.45, 2.75) is 6.10 Å². The van der Waals surface area contributed by atoms with Gasteiger partial charge in [-0.3, -0.25) is 9.78 Å². The minimum atomic E-state index is -1.11. The number of aromatic amines is 1. The highest BCUT2D eigenvalue weighted by atomic mass is 35.5. The van der Waals surface area contributed by atoms with Crippen molar-refractivity contribution in [3.63, 3.8) is 0 Å². The maximum atomic E-state index is 12.4. The summed E-state index contributed by atoms with van der Waals surface area (Å²) >= 11 is 5.85. The molecule has 2 heterocycles. The molecule has 1 aliphatic heterocycles. The first kappa shape index (κ1) is 16.2. The summed E-state index contributed by atoms with van der Waals surface area (Å²) in [6.45, 7) is 0. The van der Waals surface area contributed by atoms with Crippen LogP contribution in [0.5, 0.6) is 5.88 Å². The smallest absolute Gasteiger partial charge is 0.339 e. The standard InChI is InChI=1S/C18H11ClN2O5/c19-9-5-7-10(8-6-9)21-16(23)13(15(22)20-18(21)25)14-11-3-1-2-4-12(11)17(24)26-14/h1-8,14,23H,(H,20,22,25)/t14-/m0/s1. The Hall–Kier alpha value is -3.32. The van der Waals surface area contributed by atoms with E-state index in [-0.39, 0.29) is 5.56 Å². The highest BCUT2D eigenvalue weighted by Gasteiger charge is 2.36. The van der Waals surface area contributed by atoms with Crippen LogP contribution in [0.2, 0.25) is 5.02 Å². The van der Waals surface area contributed by atoms with Gasteiger partial charge in [0.05, 0.1) is 11.3 Å². The molecule has 0 saturated carbocycles. The Morgan fingerprint density at radius 2 is 1.73 bits per heavy atom. The Balaban J connectivity index is 1.96. The summed E-state index contributed by atoms with van der Waals surface area (Å²) in [6, 6.07) is 12.7. The van der Waals surface area contributed by atoms with Crippen LogP contribution in [-0.2, 0) is 4.74 Å². The molecular weight excluding hydrogens is 360 g/mol. The predicted octanol–water partition coefficient (Wildman–Crippen LogP) is 2.14. The number of nitrogens with one attached hydrogen (secondary N) is 1. The van der Waals surface area contributed by atoms with E-state index >= 15 is 0 Å². The van der Waals surface area contributed by atoms with Crippen molar-refractivity contribution >= 4 is 17.6 Å². The molecule has 0 amide bonds. The second kappa shape index (κ2) is 5.89. The van der Waals surface area contributed by atoms with Crippen LogP contribution in [0.4, 0.5) is 0 Å². The number of esters is 1. The summed E-state index contributed by atoms with van der Waals surface area (Å²) in [5.74, 6) is -1.20. The number of hydrogen-bond donors (Lipinski definition) is 2. The maximum absolute atomic E-state index is 12.4. The van der Waals surface area contributed by atoms with Crippen LogP contribution < -0.4 is 11.2 Å². The number of hydrogen-bond acceptors (Lipinski definition) is 5. The molecule has 0 bridgehead atoms. The van der Waals surface area contributed by atoms with Crippen LogP contribution in [0.1, 0.15) is 27.6 Å². The monoisotopic (exact) mass is 370 g/mol. The average molecular weight is 371 g/mol. The third-order valence-electron chi connectivity index (χ3n) is 4.16. The summed E-state index contributed by atoms with van der Waals surface area (Å²) < 4.78 is 6.19. The Kier molecular flexibility index (Phi) is 3.66. The summed E-state index contributed by atoms with van der Waals surface area (Å²) in [6.07, 6.45) is -1.11. The van der Waals surface area contributed by atoms with Gasteiger partial charge in [-0.2, -0.15) is 0 Å². The molecule has 0 saturated heterocycles. The minimum absolute atomic E-state index is 0.224. The summed E-state index contributed by atoms with van der Waals surface area (Å²) in [7, 11) is 0. The number of carbonyl (C=O) groups excluding carboxylic acids is 1. The van der Waals surface area contributed by atoms with Gasteiger partial charge in [0.2, 0.25) is 5.88 Å². The lowest BCUT2D eigenvalue weighted by Crippen LogP contribution is -2.32. The number of carbonyl (C=O) groups is 1. The van der Waals surface area contributed by atoms with Gasteiger partial charge in [0, 0.05) is 10.6 Å². The van der Waals surface area contributed by atoms with Crippen LogP contribution >= 0.6 is 11.6 Å². The van der Waals surface area contributed by atoms with Crippen molar-refractivity contribution in [3.05, 3.63) is 91.1 Å². The van der Waals surface area contributed by atoms with Gasteiger partial charge in [-0.15, -0.1) is 0 Å². The first-order valence-electron chi connectivity index (χ1n) is 7.61. The van der Waals surface area contributed by atoms with Gasteiger partial charge < -0.3 is 9.84 Å². The Labute approximate surface area is 151 Å². The third-order valence-corrected chi connectivity index (χ3v) is 4.41. The third kappa shape index (κ3) is 2.41. The van der Waals surface area contributed by atoms with Crippen molar-refractivity contribution in [1.29, 1.82) is 0 Å². The van der Waals surface area contributed by atoms with Crippen molar-refractivity contribution in [1.82, 2.24) is 9.55 Å². The zero-order chi connectivity index (χ0) is 18.4. The van der Waals surface area contributed by atoms with E-state index in [9.17, 15) is 19.5 Å². The number of H-pyrrole nitrogens is 1. The molecule has 8 heteroatoms. The molecule has 2 N–H and O–H groups in total. The van der Waals surface area contributed by atoms with Crippen LogP contribution in [0.15, 0.2) is 58.1 Å². The maximum Gasteiger partial charge on any atom is 0.339 e. The zero-order valence-corrected chi connectivity index (χ0v) is 13.9. The quantitative estimate of drug-likeness (QED) is 0.673. The lowest BCUT2D eigenvalue weighted by atomic mass is 10.0. The second-order valence-corrected chi connectivity index (χ2v) is 6.12. The first-order chi connectivity index (χ1) is 12.5. The molecule has 0 spiro atoms. The molecule has 0 aliphatic carbocycles. The Bertz CT molecular complexity index is 1150. The molecule has 0 unspecified atom stereocenters. The lowest BCUT2D eigenvalue weighted by molar-refractivity contribution is 0.0449. The molecule has 1 atom stereocenters. The van der Waals surface area contributed by atoms with E-state index in [0.29, 0.717) is 21.8 Å².